The minimum atomic E-state index is -1.61. The van der Waals surface area contributed by atoms with Gasteiger partial charge in [-0.15, -0.1) is 0 Å². The zero-order valence-electron chi connectivity index (χ0n) is 8.07. The van der Waals surface area contributed by atoms with E-state index in [1.54, 1.807) is 24.3 Å². The summed E-state index contributed by atoms with van der Waals surface area (Å²) in [5.74, 6) is -1.19. The number of amides is 1. The number of hydrogen-bond donors (Lipinski definition) is 2. The quantitative estimate of drug-likeness (QED) is 0.863. The van der Waals surface area contributed by atoms with Gasteiger partial charge in [-0.2, -0.15) is 0 Å². The maximum absolute atomic E-state index is 11.2. The van der Waals surface area contributed by atoms with Gasteiger partial charge in [-0.3, -0.25) is 0 Å². The van der Waals surface area contributed by atoms with Crippen molar-refractivity contribution < 1.29 is 19.4 Å². The van der Waals surface area contributed by atoms with Crippen molar-refractivity contribution in [2.45, 2.75) is 5.60 Å². The standard InChI is InChI=1S/C10H8BrNO4/c11-7-3-1-6(2-4-7)10(8(13)14)5-12-9(15)16-10/h1-4H,5H2,(H,12,15)(H,13,14). The fraction of sp³-hybridized carbons (Fsp3) is 0.200. The Morgan fingerprint density at radius 1 is 1.44 bits per heavy atom. The number of rotatable bonds is 2. The Labute approximate surface area is 99.5 Å². The number of aliphatic carboxylic acids is 1. The zero-order chi connectivity index (χ0) is 11.8. The summed E-state index contributed by atoms with van der Waals surface area (Å²) in [4.78, 5) is 22.2. The molecule has 0 aromatic heterocycles. The van der Waals surface area contributed by atoms with Crippen molar-refractivity contribution in [3.05, 3.63) is 34.3 Å². The van der Waals surface area contributed by atoms with E-state index in [0.717, 1.165) is 4.47 Å². The number of benzene rings is 1. The molecule has 2 rings (SSSR count). The van der Waals surface area contributed by atoms with Crippen LogP contribution < -0.4 is 5.32 Å². The van der Waals surface area contributed by atoms with E-state index in [4.69, 9.17) is 4.74 Å². The van der Waals surface area contributed by atoms with Crippen LogP contribution in [0.2, 0.25) is 0 Å². The van der Waals surface area contributed by atoms with Crippen LogP contribution in [0.4, 0.5) is 4.79 Å². The van der Waals surface area contributed by atoms with E-state index < -0.39 is 17.7 Å². The molecule has 16 heavy (non-hydrogen) atoms. The van der Waals surface area contributed by atoms with Crippen molar-refractivity contribution in [1.82, 2.24) is 5.32 Å². The summed E-state index contributed by atoms with van der Waals surface area (Å²) in [6.45, 7) is -0.0667. The van der Waals surface area contributed by atoms with Gasteiger partial charge < -0.3 is 15.2 Å². The third-order valence-corrected chi connectivity index (χ3v) is 2.93. The zero-order valence-corrected chi connectivity index (χ0v) is 9.65. The number of carbonyl (C=O) groups excluding carboxylic acids is 1. The second-order valence-corrected chi connectivity index (χ2v) is 4.30. The molecule has 2 N–H and O–H groups in total. The maximum Gasteiger partial charge on any atom is 0.408 e. The van der Waals surface area contributed by atoms with Gasteiger partial charge in [0.25, 0.3) is 5.60 Å². The largest absolute Gasteiger partial charge is 0.478 e. The normalized spacial score (nSPS) is 23.7. The Kier molecular flexibility index (Phi) is 2.59. The van der Waals surface area contributed by atoms with Crippen LogP contribution in [0.25, 0.3) is 0 Å². The topological polar surface area (TPSA) is 75.6 Å². The van der Waals surface area contributed by atoms with Crippen molar-refractivity contribution in [3.63, 3.8) is 0 Å². The first kappa shape index (κ1) is 10.9. The van der Waals surface area contributed by atoms with Crippen LogP contribution in [-0.4, -0.2) is 23.7 Å². The molecule has 0 bridgehead atoms. The summed E-state index contributed by atoms with van der Waals surface area (Å²) in [6.07, 6.45) is -0.717. The fourth-order valence-corrected chi connectivity index (χ4v) is 1.81. The minimum absolute atomic E-state index is 0.0667. The molecule has 1 fully saturated rings. The summed E-state index contributed by atoms with van der Waals surface area (Å²) in [5.41, 5.74) is -1.18. The lowest BCUT2D eigenvalue weighted by Crippen LogP contribution is -2.39. The smallest absolute Gasteiger partial charge is 0.408 e. The highest BCUT2D eigenvalue weighted by molar-refractivity contribution is 9.10. The lowest BCUT2D eigenvalue weighted by atomic mass is 9.94. The van der Waals surface area contributed by atoms with Gasteiger partial charge in [-0.1, -0.05) is 28.1 Å². The van der Waals surface area contributed by atoms with E-state index in [0.29, 0.717) is 5.56 Å². The minimum Gasteiger partial charge on any atom is -0.478 e. The first-order valence-corrected chi connectivity index (χ1v) is 5.30. The van der Waals surface area contributed by atoms with Crippen LogP contribution in [0.3, 0.4) is 0 Å². The molecule has 6 heteroatoms. The summed E-state index contributed by atoms with van der Waals surface area (Å²) < 4.78 is 5.70. The third-order valence-electron chi connectivity index (χ3n) is 2.40. The molecular formula is C10H8BrNO4. The van der Waals surface area contributed by atoms with E-state index in [2.05, 4.69) is 21.2 Å². The van der Waals surface area contributed by atoms with E-state index in [-0.39, 0.29) is 6.54 Å². The third kappa shape index (κ3) is 1.65. The van der Waals surface area contributed by atoms with Crippen LogP contribution in [0.5, 0.6) is 0 Å². The van der Waals surface area contributed by atoms with E-state index >= 15 is 0 Å². The fourth-order valence-electron chi connectivity index (χ4n) is 1.55. The molecule has 1 aromatic rings. The van der Waals surface area contributed by atoms with Gasteiger partial charge in [0.15, 0.2) is 0 Å². The number of carboxylic acid groups (broad SMARTS) is 1. The van der Waals surface area contributed by atoms with Gasteiger partial charge in [-0.05, 0) is 12.1 Å². The average Bonchev–Trinajstić information content (AvgIpc) is 2.63. The Balaban J connectivity index is 2.44. The van der Waals surface area contributed by atoms with Crippen molar-refractivity contribution in [1.29, 1.82) is 0 Å². The van der Waals surface area contributed by atoms with Crippen LogP contribution in [0.1, 0.15) is 5.56 Å². The number of nitrogens with one attached hydrogen (secondary N) is 1. The Morgan fingerprint density at radius 2 is 2.06 bits per heavy atom. The maximum atomic E-state index is 11.2. The predicted octanol–water partition coefficient (Wildman–Crippen LogP) is 1.47. The van der Waals surface area contributed by atoms with Crippen LogP contribution in [-0.2, 0) is 15.1 Å². The summed E-state index contributed by atoms with van der Waals surface area (Å²) >= 11 is 3.25. The summed E-state index contributed by atoms with van der Waals surface area (Å²) in [5, 5.41) is 11.5. The Bertz CT molecular complexity index is 445. The number of ether oxygens (including phenoxy) is 1. The first-order chi connectivity index (χ1) is 7.54. The number of carbonyl (C=O) groups is 2. The van der Waals surface area contributed by atoms with E-state index in [9.17, 15) is 14.7 Å². The van der Waals surface area contributed by atoms with Crippen LogP contribution in [0.15, 0.2) is 28.7 Å². The van der Waals surface area contributed by atoms with Gasteiger partial charge in [0.2, 0.25) is 0 Å². The number of hydrogen-bond acceptors (Lipinski definition) is 3. The molecule has 1 atom stereocenters. The lowest BCUT2D eigenvalue weighted by Gasteiger charge is -2.21. The van der Waals surface area contributed by atoms with Crippen LogP contribution >= 0.6 is 15.9 Å². The molecule has 1 aliphatic heterocycles. The molecule has 5 nitrogen and oxygen atoms in total. The van der Waals surface area contributed by atoms with Crippen molar-refractivity contribution in [2.75, 3.05) is 6.54 Å². The lowest BCUT2D eigenvalue weighted by molar-refractivity contribution is -0.155. The molecule has 0 radical (unpaired) electrons. The van der Waals surface area contributed by atoms with E-state index in [1.165, 1.54) is 0 Å². The number of carboxylic acids is 1. The second kappa shape index (κ2) is 3.79. The summed E-state index contributed by atoms with van der Waals surface area (Å²) in [7, 11) is 0. The SMILES string of the molecule is O=C1NCC(C(=O)O)(c2ccc(Br)cc2)O1. The second-order valence-electron chi connectivity index (χ2n) is 3.38. The molecule has 1 unspecified atom stereocenters. The molecule has 1 aromatic carbocycles. The molecule has 0 spiro atoms. The predicted molar refractivity (Wildman–Crippen MR) is 57.9 cm³/mol. The van der Waals surface area contributed by atoms with Gasteiger partial charge in [0.05, 0.1) is 6.54 Å². The number of halogens is 1. The molecule has 0 aliphatic carbocycles. The molecule has 1 amide bonds. The monoisotopic (exact) mass is 285 g/mol. The first-order valence-electron chi connectivity index (χ1n) is 4.51. The summed E-state index contributed by atoms with van der Waals surface area (Å²) in [6, 6.07) is 6.62. The van der Waals surface area contributed by atoms with Crippen molar-refractivity contribution in [2.24, 2.45) is 0 Å². The van der Waals surface area contributed by atoms with Gasteiger partial charge >= 0.3 is 12.1 Å². The molecule has 1 aliphatic rings. The highest BCUT2D eigenvalue weighted by Gasteiger charge is 2.49. The van der Waals surface area contributed by atoms with E-state index in [1.807, 2.05) is 0 Å². The molecule has 1 saturated heterocycles. The molecule has 84 valence electrons. The molecule has 1 heterocycles. The van der Waals surface area contributed by atoms with Crippen molar-refractivity contribution in [3.8, 4) is 0 Å². The highest BCUT2D eigenvalue weighted by Crippen LogP contribution is 2.30. The van der Waals surface area contributed by atoms with Crippen molar-refractivity contribution >= 4 is 28.0 Å². The Morgan fingerprint density at radius 3 is 2.50 bits per heavy atom. The number of alkyl carbamates (subject to hydrolysis) is 1. The molecule has 0 saturated carbocycles. The van der Waals surface area contributed by atoms with Gasteiger partial charge in [0.1, 0.15) is 0 Å². The highest BCUT2D eigenvalue weighted by atomic mass is 79.9. The van der Waals surface area contributed by atoms with Gasteiger partial charge in [0, 0.05) is 10.0 Å². The molecular weight excluding hydrogens is 278 g/mol. The van der Waals surface area contributed by atoms with Gasteiger partial charge in [-0.25, -0.2) is 9.59 Å². The average molecular weight is 286 g/mol. The number of cyclic esters (lactones) is 1. The van der Waals surface area contributed by atoms with Crippen LogP contribution in [0, 0.1) is 0 Å². The Hall–Kier alpha value is -1.56.